The molecule has 0 saturated heterocycles. The smallest absolute Gasteiger partial charge is 0.191 e. The minimum atomic E-state index is 0.601. The minimum absolute atomic E-state index is 0.601. The second-order valence-electron chi connectivity index (χ2n) is 5.74. The number of aliphatic imine (C=N–C) groups is 1. The van der Waals surface area contributed by atoms with Crippen molar-refractivity contribution in [2.24, 2.45) is 4.99 Å². The van der Waals surface area contributed by atoms with Crippen molar-refractivity contribution in [1.29, 1.82) is 0 Å². The van der Waals surface area contributed by atoms with Crippen LogP contribution in [0, 0.1) is 0 Å². The summed E-state index contributed by atoms with van der Waals surface area (Å²) in [6, 6.07) is 16.6. The molecule has 0 fully saturated rings. The van der Waals surface area contributed by atoms with Crippen molar-refractivity contribution in [1.82, 2.24) is 15.6 Å². The predicted molar refractivity (Wildman–Crippen MR) is 101 cm³/mol. The van der Waals surface area contributed by atoms with Gasteiger partial charge in [0, 0.05) is 19.3 Å². The lowest BCUT2D eigenvalue weighted by atomic mass is 10.1. The molecule has 128 valence electrons. The van der Waals surface area contributed by atoms with Gasteiger partial charge >= 0.3 is 0 Å². The van der Waals surface area contributed by atoms with Crippen molar-refractivity contribution in [3.05, 3.63) is 66.0 Å². The van der Waals surface area contributed by atoms with Gasteiger partial charge in [-0.2, -0.15) is 0 Å². The number of nitrogens with zero attached hydrogens (tertiary/aromatic N) is 2. The van der Waals surface area contributed by atoms with E-state index in [9.17, 15) is 0 Å². The molecule has 24 heavy (non-hydrogen) atoms. The van der Waals surface area contributed by atoms with Crippen molar-refractivity contribution in [2.45, 2.75) is 39.2 Å². The van der Waals surface area contributed by atoms with Crippen molar-refractivity contribution >= 4 is 5.96 Å². The van der Waals surface area contributed by atoms with Gasteiger partial charge in [-0.05, 0) is 43.9 Å². The first-order valence-electron chi connectivity index (χ1n) is 8.84. The summed E-state index contributed by atoms with van der Waals surface area (Å²) in [5, 5.41) is 6.68. The molecule has 2 aromatic rings. The Labute approximate surface area is 145 Å². The molecular formula is C20H28N4. The number of hydrogen-bond donors (Lipinski definition) is 2. The molecular weight excluding hydrogens is 296 g/mol. The Morgan fingerprint density at radius 1 is 0.958 bits per heavy atom. The third kappa shape index (κ3) is 7.27. The van der Waals surface area contributed by atoms with E-state index in [2.05, 4.69) is 57.9 Å². The van der Waals surface area contributed by atoms with Gasteiger partial charge in [0.25, 0.3) is 0 Å². The number of unbranched alkanes of at least 4 members (excludes halogenated alkanes) is 2. The number of guanidine groups is 1. The Kier molecular flexibility index (Phi) is 8.41. The molecule has 1 aromatic carbocycles. The van der Waals surface area contributed by atoms with Crippen molar-refractivity contribution in [3.63, 3.8) is 0 Å². The lowest BCUT2D eigenvalue weighted by Crippen LogP contribution is -2.37. The first kappa shape index (κ1) is 18.0. The van der Waals surface area contributed by atoms with Gasteiger partial charge in [-0.3, -0.25) is 4.98 Å². The van der Waals surface area contributed by atoms with Gasteiger partial charge < -0.3 is 10.6 Å². The molecule has 0 spiro atoms. The first-order valence-corrected chi connectivity index (χ1v) is 8.84. The number of aromatic nitrogens is 1. The van der Waals surface area contributed by atoms with Crippen LogP contribution < -0.4 is 10.6 Å². The molecule has 0 aliphatic rings. The van der Waals surface area contributed by atoms with Gasteiger partial charge in [-0.15, -0.1) is 0 Å². The Hall–Kier alpha value is -2.36. The van der Waals surface area contributed by atoms with Gasteiger partial charge in [0.2, 0.25) is 0 Å². The molecule has 1 aromatic heterocycles. The predicted octanol–water partition coefficient (Wildman–Crippen LogP) is 3.55. The number of aryl methyl sites for hydroxylation is 1. The average Bonchev–Trinajstić information content (AvgIpc) is 2.64. The van der Waals surface area contributed by atoms with E-state index in [-0.39, 0.29) is 0 Å². The van der Waals surface area contributed by atoms with Gasteiger partial charge in [-0.25, -0.2) is 4.99 Å². The highest BCUT2D eigenvalue weighted by molar-refractivity contribution is 5.79. The number of rotatable bonds is 9. The van der Waals surface area contributed by atoms with E-state index in [4.69, 9.17) is 0 Å². The molecule has 1 heterocycles. The zero-order valence-corrected chi connectivity index (χ0v) is 14.5. The molecule has 0 saturated carbocycles. The fourth-order valence-corrected chi connectivity index (χ4v) is 2.48. The third-order valence-electron chi connectivity index (χ3n) is 3.75. The van der Waals surface area contributed by atoms with Crippen molar-refractivity contribution in [2.75, 3.05) is 13.1 Å². The standard InChI is InChI=1S/C20H28N4/c1-2-21-20(24-17-19-14-8-10-15-22-19)23-16-9-4-7-13-18-11-5-3-6-12-18/h3,5-6,8,10-12,14-15H,2,4,7,9,13,16-17H2,1H3,(H2,21,23,24). The molecule has 0 bridgehead atoms. The summed E-state index contributed by atoms with van der Waals surface area (Å²) in [6.45, 7) is 4.49. The number of nitrogens with one attached hydrogen (secondary N) is 2. The number of benzene rings is 1. The molecule has 2 N–H and O–H groups in total. The van der Waals surface area contributed by atoms with E-state index < -0.39 is 0 Å². The van der Waals surface area contributed by atoms with Crippen LogP contribution in [0.5, 0.6) is 0 Å². The third-order valence-corrected chi connectivity index (χ3v) is 3.75. The monoisotopic (exact) mass is 324 g/mol. The van der Waals surface area contributed by atoms with Crippen molar-refractivity contribution in [3.8, 4) is 0 Å². The lowest BCUT2D eigenvalue weighted by Gasteiger charge is -2.11. The summed E-state index contributed by atoms with van der Waals surface area (Å²) in [4.78, 5) is 8.88. The van der Waals surface area contributed by atoms with Crippen LogP contribution in [0.1, 0.15) is 37.4 Å². The van der Waals surface area contributed by atoms with Crippen LogP contribution in [0.2, 0.25) is 0 Å². The Morgan fingerprint density at radius 2 is 1.79 bits per heavy atom. The highest BCUT2D eigenvalue weighted by Crippen LogP contribution is 2.05. The van der Waals surface area contributed by atoms with E-state index in [1.807, 2.05) is 18.2 Å². The van der Waals surface area contributed by atoms with Gasteiger partial charge in [0.1, 0.15) is 0 Å². The molecule has 4 heteroatoms. The van der Waals surface area contributed by atoms with Gasteiger partial charge in [0.05, 0.1) is 12.2 Å². The zero-order valence-electron chi connectivity index (χ0n) is 14.5. The second kappa shape index (κ2) is 11.2. The summed E-state index contributed by atoms with van der Waals surface area (Å²) in [5.41, 5.74) is 2.41. The van der Waals surface area contributed by atoms with E-state index in [0.717, 1.165) is 37.6 Å². The fourth-order valence-electron chi connectivity index (χ4n) is 2.48. The van der Waals surface area contributed by atoms with Crippen LogP contribution in [0.4, 0.5) is 0 Å². The van der Waals surface area contributed by atoms with Crippen LogP contribution in [0.3, 0.4) is 0 Å². The maximum Gasteiger partial charge on any atom is 0.191 e. The molecule has 2 rings (SSSR count). The summed E-state index contributed by atoms with van der Waals surface area (Å²) in [7, 11) is 0. The summed E-state index contributed by atoms with van der Waals surface area (Å²) in [6.07, 6.45) is 6.57. The molecule has 0 aliphatic carbocycles. The lowest BCUT2D eigenvalue weighted by molar-refractivity contribution is 0.656. The highest BCUT2D eigenvalue weighted by Gasteiger charge is 1.98. The van der Waals surface area contributed by atoms with Crippen LogP contribution in [0.15, 0.2) is 59.7 Å². The number of hydrogen-bond acceptors (Lipinski definition) is 2. The molecule has 0 unspecified atom stereocenters. The topological polar surface area (TPSA) is 49.3 Å². The average molecular weight is 324 g/mol. The summed E-state index contributed by atoms with van der Waals surface area (Å²) < 4.78 is 0. The first-order chi connectivity index (χ1) is 11.9. The van der Waals surface area contributed by atoms with Crippen molar-refractivity contribution < 1.29 is 0 Å². The maximum atomic E-state index is 4.58. The Morgan fingerprint density at radius 3 is 2.54 bits per heavy atom. The molecule has 0 aliphatic heterocycles. The normalized spacial score (nSPS) is 11.3. The molecule has 0 amide bonds. The highest BCUT2D eigenvalue weighted by atomic mass is 15.2. The fraction of sp³-hybridized carbons (Fsp3) is 0.400. The van der Waals surface area contributed by atoms with E-state index in [0.29, 0.717) is 6.54 Å². The largest absolute Gasteiger partial charge is 0.357 e. The minimum Gasteiger partial charge on any atom is -0.357 e. The second-order valence-corrected chi connectivity index (χ2v) is 5.74. The zero-order chi connectivity index (χ0) is 16.9. The van der Waals surface area contributed by atoms with Crippen LogP contribution in [-0.4, -0.2) is 24.0 Å². The molecule has 0 radical (unpaired) electrons. The van der Waals surface area contributed by atoms with Crippen LogP contribution in [0.25, 0.3) is 0 Å². The summed E-state index contributed by atoms with van der Waals surface area (Å²) in [5.74, 6) is 0.867. The van der Waals surface area contributed by atoms with Gasteiger partial charge in [-0.1, -0.05) is 42.8 Å². The maximum absolute atomic E-state index is 4.58. The number of pyridine rings is 1. The van der Waals surface area contributed by atoms with Crippen LogP contribution in [-0.2, 0) is 13.0 Å². The molecule has 0 atom stereocenters. The molecule has 4 nitrogen and oxygen atoms in total. The quantitative estimate of drug-likeness (QED) is 0.421. The van der Waals surface area contributed by atoms with E-state index in [1.54, 1.807) is 6.20 Å². The Bertz CT molecular complexity index is 581. The van der Waals surface area contributed by atoms with E-state index >= 15 is 0 Å². The summed E-state index contributed by atoms with van der Waals surface area (Å²) >= 11 is 0. The SMILES string of the molecule is CCNC(=NCc1ccccn1)NCCCCCc1ccccc1. The van der Waals surface area contributed by atoms with E-state index in [1.165, 1.54) is 18.4 Å². The van der Waals surface area contributed by atoms with Crippen LogP contribution >= 0.6 is 0 Å². The van der Waals surface area contributed by atoms with Gasteiger partial charge in [0.15, 0.2) is 5.96 Å². The Balaban J connectivity index is 1.64.